The largest absolute Gasteiger partial charge is 0.476 e. The minimum atomic E-state index is -6.33. The molecule has 0 aromatic heterocycles. The van der Waals surface area contributed by atoms with Crippen molar-refractivity contribution < 1.29 is 31.0 Å². The first kappa shape index (κ1) is 34.4. The molecular weight excluding hydrogens is 453 g/mol. The lowest BCUT2D eigenvalue weighted by atomic mass is 10.0. The van der Waals surface area contributed by atoms with Crippen LogP contribution in [0.4, 0.5) is 12.7 Å². The molecule has 0 spiro atoms. The van der Waals surface area contributed by atoms with E-state index in [2.05, 4.69) is 13.8 Å². The molecular formula is C25H49F3O4S. The van der Waals surface area contributed by atoms with Crippen LogP contribution in [0.1, 0.15) is 149 Å². The van der Waals surface area contributed by atoms with Gasteiger partial charge in [0.1, 0.15) is 0 Å². The Morgan fingerprint density at radius 2 is 0.758 bits per heavy atom. The molecule has 0 saturated heterocycles. The fourth-order valence-corrected chi connectivity index (χ4v) is 3.82. The second-order valence-electron chi connectivity index (χ2n) is 8.98. The Bertz CT molecular complexity index is 520. The molecule has 0 atom stereocenters. The van der Waals surface area contributed by atoms with E-state index >= 15 is 0 Å². The number of unbranched alkanes of at least 4 members (excludes halogenated alkanes) is 20. The van der Waals surface area contributed by atoms with E-state index in [0.717, 1.165) is 0 Å². The number of halogens is 3. The van der Waals surface area contributed by atoms with E-state index in [0.29, 0.717) is 0 Å². The molecule has 0 aliphatic carbocycles. The van der Waals surface area contributed by atoms with Gasteiger partial charge in [-0.2, -0.15) is 17.2 Å². The SMILES string of the molecule is CCCCCCCCCCCCCCCCCCCCCCC.O=C(O)C(F)(F)S(=O)(=O)F. The van der Waals surface area contributed by atoms with Gasteiger partial charge in [0, 0.05) is 0 Å². The fourth-order valence-electron chi connectivity index (χ4n) is 3.61. The Kier molecular flexibility index (Phi) is 23.9. The molecule has 0 aromatic rings. The fraction of sp³-hybridized carbons (Fsp3) is 0.960. The van der Waals surface area contributed by atoms with Gasteiger partial charge in [0.05, 0.1) is 0 Å². The molecule has 200 valence electrons. The number of hydrogen-bond donors (Lipinski definition) is 1. The predicted molar refractivity (Wildman–Crippen MR) is 131 cm³/mol. The van der Waals surface area contributed by atoms with Crippen LogP contribution < -0.4 is 0 Å². The van der Waals surface area contributed by atoms with Gasteiger partial charge >= 0.3 is 21.4 Å². The smallest absolute Gasteiger partial charge is 0.470 e. The van der Waals surface area contributed by atoms with Crippen molar-refractivity contribution in [2.24, 2.45) is 0 Å². The van der Waals surface area contributed by atoms with Crippen molar-refractivity contribution in [1.82, 2.24) is 0 Å². The van der Waals surface area contributed by atoms with E-state index in [4.69, 9.17) is 5.11 Å². The van der Waals surface area contributed by atoms with Crippen molar-refractivity contribution in [2.75, 3.05) is 0 Å². The molecule has 0 aromatic carbocycles. The standard InChI is InChI=1S/C23H48.C2HF3O4S/c1-3-5-7-9-11-13-15-17-19-21-23-22-20-18-16-14-12-10-8-6-4-2;3-2(4,1(6)7)10(5,8)9/h3-23H2,1-2H3;(H,6,7). The van der Waals surface area contributed by atoms with Crippen molar-refractivity contribution in [2.45, 2.75) is 154 Å². The minimum Gasteiger partial charge on any atom is -0.476 e. The van der Waals surface area contributed by atoms with E-state index in [9.17, 15) is 25.9 Å². The van der Waals surface area contributed by atoms with Crippen LogP contribution in [-0.2, 0) is 15.0 Å². The summed E-state index contributed by atoms with van der Waals surface area (Å²) in [5.41, 5.74) is 0. The summed E-state index contributed by atoms with van der Waals surface area (Å²) in [6.07, 6.45) is 30.9. The molecule has 0 fully saturated rings. The Morgan fingerprint density at radius 1 is 0.576 bits per heavy atom. The van der Waals surface area contributed by atoms with Crippen molar-refractivity contribution in [3.8, 4) is 0 Å². The van der Waals surface area contributed by atoms with Gasteiger partial charge in [-0.1, -0.05) is 153 Å². The van der Waals surface area contributed by atoms with Gasteiger partial charge in [0.25, 0.3) is 0 Å². The van der Waals surface area contributed by atoms with Crippen LogP contribution in [-0.4, -0.2) is 24.7 Å². The average Bonchev–Trinajstić information content (AvgIpc) is 2.75. The maximum atomic E-state index is 11.5. The number of hydrogen-bond acceptors (Lipinski definition) is 3. The third-order valence-electron chi connectivity index (χ3n) is 5.76. The summed E-state index contributed by atoms with van der Waals surface area (Å²) in [6.45, 7) is 4.60. The van der Waals surface area contributed by atoms with Crippen molar-refractivity contribution >= 4 is 16.2 Å². The van der Waals surface area contributed by atoms with Gasteiger partial charge < -0.3 is 5.11 Å². The molecule has 33 heavy (non-hydrogen) atoms. The van der Waals surface area contributed by atoms with Gasteiger partial charge in [0.2, 0.25) is 0 Å². The average molecular weight is 503 g/mol. The van der Waals surface area contributed by atoms with E-state index in [1.807, 2.05) is 0 Å². The summed E-state index contributed by atoms with van der Waals surface area (Å²) >= 11 is 0. The number of carboxylic acid groups (broad SMARTS) is 1. The zero-order valence-electron chi connectivity index (χ0n) is 21.1. The first-order chi connectivity index (χ1) is 15.6. The third kappa shape index (κ3) is 22.8. The highest BCUT2D eigenvalue weighted by atomic mass is 32.3. The van der Waals surface area contributed by atoms with Crippen LogP contribution >= 0.6 is 0 Å². The van der Waals surface area contributed by atoms with Crippen LogP contribution in [0, 0.1) is 0 Å². The first-order valence-corrected chi connectivity index (χ1v) is 14.5. The van der Waals surface area contributed by atoms with Crippen LogP contribution in [0.25, 0.3) is 0 Å². The van der Waals surface area contributed by atoms with Crippen LogP contribution in [0.3, 0.4) is 0 Å². The lowest BCUT2D eigenvalue weighted by Crippen LogP contribution is -2.34. The molecule has 0 heterocycles. The Morgan fingerprint density at radius 3 is 0.848 bits per heavy atom. The van der Waals surface area contributed by atoms with Crippen molar-refractivity contribution in [3.63, 3.8) is 0 Å². The molecule has 0 bridgehead atoms. The predicted octanol–water partition coefficient (Wildman–Crippen LogP) is 9.18. The van der Waals surface area contributed by atoms with E-state index in [1.54, 1.807) is 0 Å². The number of carbonyl (C=O) groups is 1. The van der Waals surface area contributed by atoms with E-state index < -0.39 is 21.4 Å². The summed E-state index contributed by atoms with van der Waals surface area (Å²) in [7, 11) is -6.33. The molecule has 1 N–H and O–H groups in total. The summed E-state index contributed by atoms with van der Waals surface area (Å²) in [5.74, 6) is -3.03. The molecule has 0 rings (SSSR count). The highest BCUT2D eigenvalue weighted by Crippen LogP contribution is 2.23. The van der Waals surface area contributed by atoms with Gasteiger partial charge in [-0.25, -0.2) is 4.79 Å². The number of aliphatic carboxylic acids is 1. The molecule has 0 amide bonds. The number of rotatable bonds is 22. The zero-order chi connectivity index (χ0) is 25.4. The minimum absolute atomic E-state index is 1.37. The van der Waals surface area contributed by atoms with Crippen molar-refractivity contribution in [3.05, 3.63) is 0 Å². The lowest BCUT2D eigenvalue weighted by Gasteiger charge is -2.04. The Labute approximate surface area is 201 Å². The van der Waals surface area contributed by atoms with Gasteiger partial charge in [-0.15, -0.1) is 0 Å². The number of carboxylic acids is 1. The molecule has 0 saturated carbocycles. The summed E-state index contributed by atoms with van der Waals surface area (Å²) < 4.78 is 52.8. The number of alkyl halides is 2. The van der Waals surface area contributed by atoms with E-state index in [-0.39, 0.29) is 0 Å². The van der Waals surface area contributed by atoms with Gasteiger partial charge in [0.15, 0.2) is 0 Å². The second kappa shape index (κ2) is 23.0. The zero-order valence-corrected chi connectivity index (χ0v) is 21.9. The highest BCUT2D eigenvalue weighted by molar-refractivity contribution is 7.88. The van der Waals surface area contributed by atoms with Crippen LogP contribution in [0.2, 0.25) is 0 Å². The van der Waals surface area contributed by atoms with Gasteiger partial charge in [-0.3, -0.25) is 0 Å². The monoisotopic (exact) mass is 502 g/mol. The summed E-state index contributed by atoms with van der Waals surface area (Å²) in [5, 5.41) is 2.07. The maximum Gasteiger partial charge on any atom is 0.470 e. The van der Waals surface area contributed by atoms with Crippen LogP contribution in [0.5, 0.6) is 0 Å². The topological polar surface area (TPSA) is 71.4 Å². The molecule has 8 heteroatoms. The molecule has 0 unspecified atom stereocenters. The van der Waals surface area contributed by atoms with Crippen LogP contribution in [0.15, 0.2) is 0 Å². The Hall–Kier alpha value is -0.790. The van der Waals surface area contributed by atoms with Gasteiger partial charge in [-0.05, 0) is 0 Å². The molecule has 4 nitrogen and oxygen atoms in total. The molecule has 0 radical (unpaired) electrons. The molecule has 0 aliphatic heterocycles. The first-order valence-electron chi connectivity index (χ1n) is 13.2. The lowest BCUT2D eigenvalue weighted by molar-refractivity contribution is -0.154. The molecule has 0 aliphatic rings. The summed E-state index contributed by atoms with van der Waals surface area (Å²) in [6, 6.07) is 0. The highest BCUT2D eigenvalue weighted by Gasteiger charge is 2.54. The summed E-state index contributed by atoms with van der Waals surface area (Å²) in [4.78, 5) is 9.30. The second-order valence-corrected chi connectivity index (χ2v) is 10.4. The quantitative estimate of drug-likeness (QED) is 0.118. The van der Waals surface area contributed by atoms with Crippen molar-refractivity contribution in [1.29, 1.82) is 0 Å². The third-order valence-corrected chi connectivity index (χ3v) is 6.55. The maximum absolute atomic E-state index is 11.5. The Balaban J connectivity index is 0. The normalized spacial score (nSPS) is 11.8. The van der Waals surface area contributed by atoms with E-state index in [1.165, 1.54) is 135 Å².